The van der Waals surface area contributed by atoms with E-state index in [2.05, 4.69) is 33.8 Å². The monoisotopic (exact) mass is 312 g/mol. The van der Waals surface area contributed by atoms with Gasteiger partial charge in [0.15, 0.2) is 5.78 Å². The van der Waals surface area contributed by atoms with Gasteiger partial charge in [-0.15, -0.1) is 0 Å². The fourth-order valence-electron chi connectivity index (χ4n) is 7.36. The molecule has 0 radical (unpaired) electrons. The highest BCUT2D eigenvalue weighted by Gasteiger charge is 2.58. The highest BCUT2D eigenvalue weighted by molar-refractivity contribution is 5.91. The van der Waals surface area contributed by atoms with E-state index >= 15 is 0 Å². The van der Waals surface area contributed by atoms with Gasteiger partial charge in [-0.1, -0.05) is 38.0 Å². The summed E-state index contributed by atoms with van der Waals surface area (Å²) in [6.45, 7) is 9.74. The van der Waals surface area contributed by atoms with Crippen molar-refractivity contribution in [3.8, 4) is 0 Å². The van der Waals surface area contributed by atoms with Crippen molar-refractivity contribution < 1.29 is 4.79 Å². The molecule has 3 saturated carbocycles. The van der Waals surface area contributed by atoms with Crippen LogP contribution in [0.15, 0.2) is 23.3 Å². The van der Waals surface area contributed by atoms with Gasteiger partial charge in [-0.2, -0.15) is 0 Å². The van der Waals surface area contributed by atoms with Crippen LogP contribution >= 0.6 is 0 Å². The molecule has 0 aliphatic heterocycles. The Morgan fingerprint density at radius 1 is 1.09 bits per heavy atom. The molecular weight excluding hydrogens is 280 g/mol. The number of hydrogen-bond acceptors (Lipinski definition) is 1. The molecule has 0 aromatic heterocycles. The Balaban J connectivity index is 1.71. The van der Waals surface area contributed by atoms with Crippen molar-refractivity contribution in [2.45, 2.75) is 72.6 Å². The number of allylic oxidation sites excluding steroid dienone is 3. The predicted octanol–water partition coefficient (Wildman–Crippen LogP) is 5.71. The molecule has 0 bridgehead atoms. The Kier molecular flexibility index (Phi) is 3.45. The molecule has 6 unspecified atom stereocenters. The van der Waals surface area contributed by atoms with E-state index in [0.29, 0.717) is 16.6 Å². The molecule has 0 aromatic rings. The predicted molar refractivity (Wildman–Crippen MR) is 95.0 cm³/mol. The molecule has 23 heavy (non-hydrogen) atoms. The topological polar surface area (TPSA) is 17.1 Å². The fraction of sp³-hybridized carbons (Fsp3) is 0.773. The van der Waals surface area contributed by atoms with Gasteiger partial charge in [0.25, 0.3) is 0 Å². The molecule has 0 amide bonds. The van der Waals surface area contributed by atoms with E-state index in [4.69, 9.17) is 0 Å². The van der Waals surface area contributed by atoms with Crippen LogP contribution in [0.3, 0.4) is 0 Å². The van der Waals surface area contributed by atoms with Crippen LogP contribution in [0.2, 0.25) is 0 Å². The second-order valence-electron chi connectivity index (χ2n) is 9.31. The Bertz CT molecular complexity index is 597. The number of rotatable bonds is 0. The zero-order valence-electron chi connectivity index (χ0n) is 15.3. The van der Waals surface area contributed by atoms with Crippen molar-refractivity contribution >= 4 is 5.78 Å². The molecule has 0 spiro atoms. The molecule has 4 aliphatic rings. The van der Waals surface area contributed by atoms with Gasteiger partial charge in [0.05, 0.1) is 0 Å². The summed E-state index contributed by atoms with van der Waals surface area (Å²) in [5.74, 6) is 3.72. The number of carbonyl (C=O) groups is 1. The lowest BCUT2D eigenvalue weighted by Crippen LogP contribution is -2.49. The first-order chi connectivity index (χ1) is 10.9. The van der Waals surface area contributed by atoms with Crippen LogP contribution in [0.4, 0.5) is 0 Å². The highest BCUT2D eigenvalue weighted by atomic mass is 16.1. The van der Waals surface area contributed by atoms with Gasteiger partial charge in [0.2, 0.25) is 0 Å². The summed E-state index contributed by atoms with van der Waals surface area (Å²) in [4.78, 5) is 11.9. The third-order valence-corrected chi connectivity index (χ3v) is 8.46. The number of hydrogen-bond donors (Lipinski definition) is 0. The quantitative estimate of drug-likeness (QED) is 0.523. The van der Waals surface area contributed by atoms with Gasteiger partial charge in [-0.05, 0) is 86.0 Å². The van der Waals surface area contributed by atoms with E-state index in [-0.39, 0.29) is 0 Å². The second-order valence-corrected chi connectivity index (χ2v) is 9.31. The van der Waals surface area contributed by atoms with Gasteiger partial charge in [0, 0.05) is 6.42 Å². The lowest BCUT2D eigenvalue weighted by Gasteiger charge is -2.57. The molecule has 0 aromatic carbocycles. The molecule has 0 N–H and O–H groups in total. The summed E-state index contributed by atoms with van der Waals surface area (Å²) >= 11 is 0. The molecule has 6 atom stereocenters. The zero-order valence-corrected chi connectivity index (χ0v) is 15.3. The molecule has 4 aliphatic carbocycles. The molecular formula is C22H32O. The second kappa shape index (κ2) is 5.07. The van der Waals surface area contributed by atoms with Crippen LogP contribution < -0.4 is 0 Å². The maximum Gasteiger partial charge on any atom is 0.155 e. The van der Waals surface area contributed by atoms with Gasteiger partial charge in [-0.3, -0.25) is 4.79 Å². The van der Waals surface area contributed by atoms with Crippen molar-refractivity contribution in [3.63, 3.8) is 0 Å². The Morgan fingerprint density at radius 2 is 1.87 bits per heavy atom. The summed E-state index contributed by atoms with van der Waals surface area (Å²) in [7, 11) is 0. The third kappa shape index (κ3) is 2.01. The van der Waals surface area contributed by atoms with E-state index in [0.717, 1.165) is 36.5 Å². The average Bonchev–Trinajstić information content (AvgIpc) is 2.77. The highest BCUT2D eigenvalue weighted by Crippen LogP contribution is 2.67. The molecule has 0 heterocycles. The van der Waals surface area contributed by atoms with Gasteiger partial charge < -0.3 is 0 Å². The van der Waals surface area contributed by atoms with E-state index in [9.17, 15) is 4.79 Å². The lowest BCUT2D eigenvalue weighted by atomic mass is 9.47. The number of carbonyl (C=O) groups excluding carboxylic acids is 1. The third-order valence-electron chi connectivity index (χ3n) is 8.46. The minimum Gasteiger partial charge on any atom is -0.295 e. The fourth-order valence-corrected chi connectivity index (χ4v) is 7.36. The lowest BCUT2D eigenvalue weighted by molar-refractivity contribution is -0.117. The largest absolute Gasteiger partial charge is 0.295 e. The maximum absolute atomic E-state index is 11.9. The van der Waals surface area contributed by atoms with Crippen LogP contribution in [-0.4, -0.2) is 5.78 Å². The molecule has 126 valence electrons. The van der Waals surface area contributed by atoms with Crippen LogP contribution in [-0.2, 0) is 4.79 Å². The smallest absolute Gasteiger partial charge is 0.155 e. The Morgan fingerprint density at radius 3 is 2.61 bits per heavy atom. The van der Waals surface area contributed by atoms with Crippen molar-refractivity contribution in [3.05, 3.63) is 23.3 Å². The summed E-state index contributed by atoms with van der Waals surface area (Å²) in [5.41, 5.74) is 4.01. The van der Waals surface area contributed by atoms with Crippen LogP contribution in [0.5, 0.6) is 0 Å². The van der Waals surface area contributed by atoms with Crippen molar-refractivity contribution in [2.24, 2.45) is 34.5 Å². The molecule has 4 rings (SSSR count). The number of ketones is 1. The van der Waals surface area contributed by atoms with E-state index in [1.165, 1.54) is 37.7 Å². The Hall–Kier alpha value is -0.850. The number of fused-ring (bicyclic) bond motifs is 5. The van der Waals surface area contributed by atoms with Crippen LogP contribution in [0, 0.1) is 34.5 Å². The van der Waals surface area contributed by atoms with E-state index < -0.39 is 0 Å². The summed E-state index contributed by atoms with van der Waals surface area (Å²) in [5, 5.41) is 0. The van der Waals surface area contributed by atoms with E-state index in [1.54, 1.807) is 5.57 Å². The van der Waals surface area contributed by atoms with Crippen molar-refractivity contribution in [1.29, 1.82) is 0 Å². The van der Waals surface area contributed by atoms with Gasteiger partial charge in [0.1, 0.15) is 0 Å². The minimum atomic E-state index is 0.320. The first-order valence-electron chi connectivity index (χ1n) is 9.80. The summed E-state index contributed by atoms with van der Waals surface area (Å²) < 4.78 is 0. The molecule has 3 fully saturated rings. The first-order valence-corrected chi connectivity index (χ1v) is 9.80. The molecule has 0 saturated heterocycles. The normalized spacial score (nSPS) is 51.0. The van der Waals surface area contributed by atoms with E-state index in [1.807, 2.05) is 6.08 Å². The molecule has 1 nitrogen and oxygen atoms in total. The van der Waals surface area contributed by atoms with Gasteiger partial charge in [-0.25, -0.2) is 0 Å². The average molecular weight is 312 g/mol. The standard InChI is InChI=1S/C22H32O/c1-5-18-14(2)12-20-17-7-6-15-13-16(23)8-10-21(15,3)19(17)9-11-22(18,20)4/h5,13-14,17,19-20H,6-12H2,1-4H3/b18-5+. The van der Waals surface area contributed by atoms with Crippen LogP contribution in [0.1, 0.15) is 72.6 Å². The van der Waals surface area contributed by atoms with Gasteiger partial charge >= 0.3 is 0 Å². The minimum absolute atomic E-state index is 0.320. The zero-order chi connectivity index (χ0) is 16.4. The maximum atomic E-state index is 11.9. The first kappa shape index (κ1) is 15.7. The van der Waals surface area contributed by atoms with Crippen molar-refractivity contribution in [1.82, 2.24) is 0 Å². The van der Waals surface area contributed by atoms with Crippen LogP contribution in [0.25, 0.3) is 0 Å². The summed E-state index contributed by atoms with van der Waals surface area (Å²) in [6, 6.07) is 0. The summed E-state index contributed by atoms with van der Waals surface area (Å²) in [6.07, 6.45) is 13.0. The SMILES string of the molecule is C/C=C1\C(C)CC2C3CCC4=CC(=O)CCC4(C)C3CCC12C. The Labute approximate surface area is 141 Å². The molecule has 1 heteroatoms. The van der Waals surface area contributed by atoms with Crippen molar-refractivity contribution in [2.75, 3.05) is 0 Å².